The summed E-state index contributed by atoms with van der Waals surface area (Å²) in [5.41, 5.74) is 52.6. The van der Waals surface area contributed by atoms with Crippen molar-refractivity contribution in [1.82, 2.24) is 52.3 Å². The van der Waals surface area contributed by atoms with E-state index in [1.165, 1.54) is 21.9 Å². The number of phenolic OH excluding ortho intramolecular Hbond substituents is 1. The van der Waals surface area contributed by atoms with E-state index in [0.717, 1.165) is 0 Å². The number of nitrogens with zero attached hydrogens (tertiary/aromatic N) is 5. The molecule has 0 saturated carbocycles. The van der Waals surface area contributed by atoms with Gasteiger partial charge >= 0.3 is 0 Å². The molecule has 2 aromatic rings. The second-order valence-corrected chi connectivity index (χ2v) is 25.7. The fraction of sp³-hybridized carbons (Fsp3) is 0.606. The average Bonchev–Trinajstić information content (AvgIpc) is 1.61. The highest BCUT2D eigenvalue weighted by Gasteiger charge is 2.41. The highest BCUT2D eigenvalue weighted by molar-refractivity contribution is 5.99. The average molecular weight is 1400 g/mol. The van der Waals surface area contributed by atoms with Crippen LogP contribution in [0, 0.1) is 11.8 Å². The molecule has 2 fully saturated rings. The molecule has 11 atom stereocenters. The van der Waals surface area contributed by atoms with Gasteiger partial charge in [0.15, 0.2) is 17.9 Å². The number of hydrogen-bond acceptors (Lipinski definition) is 17. The minimum Gasteiger partial charge on any atom is -0.508 e. The summed E-state index contributed by atoms with van der Waals surface area (Å²) in [6, 6.07) is 2.83. The fourth-order valence-corrected chi connectivity index (χ4v) is 11.7. The van der Waals surface area contributed by atoms with Gasteiger partial charge in [0.1, 0.15) is 60.1 Å². The van der Waals surface area contributed by atoms with Gasteiger partial charge < -0.3 is 109 Å². The summed E-state index contributed by atoms with van der Waals surface area (Å²) >= 11 is 0. The van der Waals surface area contributed by atoms with E-state index in [1.54, 1.807) is 70.2 Å². The van der Waals surface area contributed by atoms with E-state index < -0.39 is 138 Å². The van der Waals surface area contributed by atoms with Gasteiger partial charge in [-0.2, -0.15) is 0 Å². The van der Waals surface area contributed by atoms with Crippen molar-refractivity contribution in [2.24, 2.45) is 78.4 Å². The van der Waals surface area contributed by atoms with Crippen LogP contribution in [-0.2, 0) is 65.6 Å². The number of phenols is 1. The molecule has 11 amide bonds. The molecule has 0 aromatic heterocycles. The van der Waals surface area contributed by atoms with E-state index in [4.69, 9.17) is 51.6 Å². The molecule has 2 aliphatic heterocycles. The second-order valence-electron chi connectivity index (χ2n) is 25.7. The number of aromatic hydroxyl groups is 1. The van der Waals surface area contributed by atoms with Crippen LogP contribution in [0.15, 0.2) is 69.6 Å². The zero-order chi connectivity index (χ0) is 74.0. The van der Waals surface area contributed by atoms with Crippen molar-refractivity contribution in [2.45, 2.75) is 197 Å². The van der Waals surface area contributed by atoms with Crippen LogP contribution < -0.4 is 94.1 Å². The standard InChI is InChI=1S/C66H108N22O12/c1-5-39(4)53(61(98)84-47(21-13-31-78-66(74)75)63(100)88-33-15-23-51(88)60(97)81-44(54(69)91)18-9-10-28-67)86-56(93)46(20-12-30-77-65(72)73)82-55(92)45(19-11-29-76-64(70)71)83-57(94)48(34-38(2)3)85-58(95)49(36-40-16-7-6-8-17-40)80-52(90)37-79-59(96)50-22-14-32-87(50)62(99)43(68)35-41-24-26-42(89)27-25-41/h6-8,16-17,24-27,38-39,43-51,53,89H,5,9-15,18-23,28-37,67-68H2,1-4H3,(H2,69,91)(H,79,96)(H,80,90)(H,81,97)(H,82,92)(H,83,94)(H,84,98)(H,85,95)(H,86,93)(H4,70,71,76)(H4,72,73,77)(H4,74,75,78)/t39-,43-,44-,45-,46-,47-,48-,49-,50-,51-,53-/m0/s1. The molecule has 0 radical (unpaired) electrons. The van der Waals surface area contributed by atoms with E-state index in [-0.39, 0.29) is 133 Å². The van der Waals surface area contributed by atoms with Gasteiger partial charge in [0.2, 0.25) is 65.0 Å². The van der Waals surface area contributed by atoms with Gasteiger partial charge in [-0.25, -0.2) is 0 Å². The van der Waals surface area contributed by atoms with Gasteiger partial charge in [0, 0.05) is 39.1 Å². The maximum Gasteiger partial charge on any atom is 0.245 e. The van der Waals surface area contributed by atoms with Crippen LogP contribution in [0.2, 0.25) is 0 Å². The summed E-state index contributed by atoms with van der Waals surface area (Å²) < 4.78 is 0. The van der Waals surface area contributed by atoms with E-state index >= 15 is 0 Å². The molecular weight excluding hydrogens is 1290 g/mol. The third-order valence-electron chi connectivity index (χ3n) is 17.2. The van der Waals surface area contributed by atoms with Crippen molar-refractivity contribution in [3.05, 3.63) is 65.7 Å². The maximum atomic E-state index is 14.8. The molecule has 27 N–H and O–H groups in total. The first-order valence-corrected chi connectivity index (χ1v) is 34.3. The molecule has 554 valence electrons. The van der Waals surface area contributed by atoms with Crippen LogP contribution in [0.5, 0.6) is 5.75 Å². The van der Waals surface area contributed by atoms with Gasteiger partial charge in [-0.15, -0.1) is 0 Å². The number of nitrogens with two attached hydrogens (primary N) is 9. The molecule has 0 aliphatic carbocycles. The van der Waals surface area contributed by atoms with Gasteiger partial charge in [0.25, 0.3) is 0 Å². The lowest BCUT2D eigenvalue weighted by Crippen LogP contribution is -2.61. The number of rotatable bonds is 43. The van der Waals surface area contributed by atoms with Crippen molar-refractivity contribution < 1.29 is 57.8 Å². The van der Waals surface area contributed by atoms with Gasteiger partial charge in [0.05, 0.1) is 12.6 Å². The lowest BCUT2D eigenvalue weighted by atomic mass is 9.96. The Bertz CT molecular complexity index is 3130. The minimum atomic E-state index is -1.43. The van der Waals surface area contributed by atoms with Gasteiger partial charge in [-0.1, -0.05) is 76.6 Å². The lowest BCUT2D eigenvalue weighted by Gasteiger charge is -2.32. The van der Waals surface area contributed by atoms with E-state index in [9.17, 15) is 57.8 Å². The SMILES string of the molecule is CC[C@H](C)[C@H](NC(=O)[C@H](CCCN=C(N)N)NC(=O)[C@H](CCCN=C(N)N)NC(=O)[C@H](CC(C)C)NC(=O)[C@H](Cc1ccccc1)NC(=O)CNC(=O)[C@@H]1CCCN1C(=O)[C@@H](N)Cc1ccc(O)cc1)C(=O)N[C@@H](CCCN=C(N)N)C(=O)N1CCC[C@H]1C(=O)N[C@@H](CCCCN)C(N)=O. The van der Waals surface area contributed by atoms with Crippen LogP contribution in [0.25, 0.3) is 0 Å². The Labute approximate surface area is 583 Å². The highest BCUT2D eigenvalue weighted by Crippen LogP contribution is 2.23. The van der Waals surface area contributed by atoms with Gasteiger partial charge in [-0.05, 0) is 138 Å². The summed E-state index contributed by atoms with van der Waals surface area (Å²) in [5, 5.41) is 31.5. The molecule has 34 heteroatoms. The first-order chi connectivity index (χ1) is 47.5. The Hall–Kier alpha value is -9.86. The molecule has 2 saturated heterocycles. The normalized spacial score (nSPS) is 16.8. The largest absolute Gasteiger partial charge is 0.508 e. The van der Waals surface area contributed by atoms with E-state index in [0.29, 0.717) is 56.2 Å². The quantitative estimate of drug-likeness (QED) is 0.0170. The monoisotopic (exact) mass is 1400 g/mol. The molecular formula is C66H108N22O12. The number of hydrogen-bond donors (Lipinski definition) is 18. The number of benzene rings is 2. The van der Waals surface area contributed by atoms with Crippen LogP contribution in [-0.4, -0.2) is 204 Å². The Kier molecular flexibility index (Phi) is 35.4. The van der Waals surface area contributed by atoms with Crippen molar-refractivity contribution in [1.29, 1.82) is 0 Å². The smallest absolute Gasteiger partial charge is 0.245 e. The molecule has 2 aliphatic rings. The Morgan fingerprint density at radius 2 is 0.990 bits per heavy atom. The molecule has 0 spiro atoms. The van der Waals surface area contributed by atoms with Crippen LogP contribution in [0.4, 0.5) is 0 Å². The molecule has 2 heterocycles. The third kappa shape index (κ3) is 28.5. The number of primary amides is 1. The summed E-state index contributed by atoms with van der Waals surface area (Å²) in [6.07, 6.45) is 3.40. The van der Waals surface area contributed by atoms with E-state index in [2.05, 4.69) is 57.5 Å². The predicted molar refractivity (Wildman–Crippen MR) is 377 cm³/mol. The number of carbonyl (C=O) groups is 11. The van der Waals surface area contributed by atoms with Crippen LogP contribution in [0.3, 0.4) is 0 Å². The lowest BCUT2D eigenvalue weighted by molar-refractivity contribution is -0.142. The number of nitrogens with one attached hydrogen (secondary N) is 8. The van der Waals surface area contributed by atoms with Crippen LogP contribution >= 0.6 is 0 Å². The maximum absolute atomic E-state index is 14.8. The number of unbranched alkanes of at least 4 members (excludes halogenated alkanes) is 1. The fourth-order valence-electron chi connectivity index (χ4n) is 11.7. The van der Waals surface area contributed by atoms with Gasteiger partial charge in [-0.3, -0.25) is 67.7 Å². The number of aliphatic imine (C=N–C) groups is 3. The summed E-state index contributed by atoms with van der Waals surface area (Å²) in [4.78, 5) is 170. The number of guanidine groups is 3. The third-order valence-corrected chi connectivity index (χ3v) is 17.2. The molecule has 0 unspecified atom stereocenters. The summed E-state index contributed by atoms with van der Waals surface area (Å²) in [6.45, 7) is 7.31. The second kappa shape index (κ2) is 42.8. The molecule has 100 heavy (non-hydrogen) atoms. The Balaban J connectivity index is 1.59. The first kappa shape index (κ1) is 82.6. The first-order valence-electron chi connectivity index (χ1n) is 34.3. The number of likely N-dealkylation sites (tertiary alicyclic amines) is 2. The molecule has 4 rings (SSSR count). The van der Waals surface area contributed by atoms with Crippen LogP contribution in [0.1, 0.15) is 135 Å². The topological polar surface area (TPSA) is 582 Å². The summed E-state index contributed by atoms with van der Waals surface area (Å²) in [7, 11) is 0. The zero-order valence-electron chi connectivity index (χ0n) is 58.0. The predicted octanol–water partition coefficient (Wildman–Crippen LogP) is -4.14. The van der Waals surface area contributed by atoms with Crippen molar-refractivity contribution in [2.75, 3.05) is 45.8 Å². The Morgan fingerprint density at radius 3 is 1.51 bits per heavy atom. The summed E-state index contributed by atoms with van der Waals surface area (Å²) in [5.74, 6) is -9.42. The van der Waals surface area contributed by atoms with Crippen molar-refractivity contribution >= 4 is 82.9 Å². The number of carbonyl (C=O) groups excluding carboxylic acids is 11. The van der Waals surface area contributed by atoms with E-state index in [1.807, 2.05) is 0 Å². The zero-order valence-corrected chi connectivity index (χ0v) is 58.0. The molecule has 0 bridgehead atoms. The Morgan fingerprint density at radius 1 is 0.520 bits per heavy atom. The molecule has 34 nitrogen and oxygen atoms in total. The molecule has 2 aromatic carbocycles. The van der Waals surface area contributed by atoms with Crippen molar-refractivity contribution in [3.63, 3.8) is 0 Å². The minimum absolute atomic E-state index is 0.00501. The van der Waals surface area contributed by atoms with Crippen molar-refractivity contribution in [3.8, 4) is 5.75 Å². The number of amides is 11. The highest BCUT2D eigenvalue weighted by atomic mass is 16.3.